The summed E-state index contributed by atoms with van der Waals surface area (Å²) in [5.41, 5.74) is 2.14. The molecule has 1 saturated carbocycles. The fraction of sp³-hybridized carbons (Fsp3) is 0.591. The Labute approximate surface area is 167 Å². The van der Waals surface area contributed by atoms with E-state index in [2.05, 4.69) is 32.4 Å². The number of nitrogens with zero attached hydrogens (tertiary/aromatic N) is 3. The highest BCUT2D eigenvalue weighted by atomic mass is 16.5. The second-order valence-corrected chi connectivity index (χ2v) is 7.99. The highest BCUT2D eigenvalue weighted by Gasteiger charge is 2.48. The second-order valence-electron chi connectivity index (χ2n) is 7.99. The minimum atomic E-state index is -0.00126. The lowest BCUT2D eigenvalue weighted by Crippen LogP contribution is -2.42. The molecule has 2 aliphatic rings. The fourth-order valence-corrected chi connectivity index (χ4v) is 4.85. The third-order valence-corrected chi connectivity index (χ3v) is 6.25. The van der Waals surface area contributed by atoms with Gasteiger partial charge in [0.05, 0.1) is 30.8 Å². The predicted octanol–water partition coefficient (Wildman–Crippen LogP) is 3.49. The molecular formula is C22H30N4O2. The summed E-state index contributed by atoms with van der Waals surface area (Å²) in [5.74, 6) is 1.70. The van der Waals surface area contributed by atoms with Crippen LogP contribution >= 0.6 is 0 Å². The number of hydrogen-bond acceptors (Lipinski definition) is 6. The maximum absolute atomic E-state index is 6.43. The van der Waals surface area contributed by atoms with Crippen LogP contribution in [0.2, 0.25) is 0 Å². The zero-order valence-electron chi connectivity index (χ0n) is 16.6. The minimum absolute atomic E-state index is 0.00126. The van der Waals surface area contributed by atoms with Gasteiger partial charge in [0.2, 0.25) is 5.88 Å². The number of rotatable bonds is 7. The Morgan fingerprint density at radius 1 is 1.21 bits per heavy atom. The normalized spacial score (nSPS) is 27.2. The zero-order valence-corrected chi connectivity index (χ0v) is 16.6. The van der Waals surface area contributed by atoms with Crippen LogP contribution in [-0.2, 0) is 11.3 Å². The first-order valence-electron chi connectivity index (χ1n) is 10.4. The van der Waals surface area contributed by atoms with E-state index < -0.39 is 0 Å². The van der Waals surface area contributed by atoms with E-state index >= 15 is 0 Å². The molecule has 28 heavy (non-hydrogen) atoms. The number of aromatic nitrogens is 3. The minimum Gasteiger partial charge on any atom is -0.480 e. The fourth-order valence-electron chi connectivity index (χ4n) is 4.85. The molecule has 0 aromatic carbocycles. The van der Waals surface area contributed by atoms with Crippen LogP contribution in [0.4, 0.5) is 0 Å². The summed E-state index contributed by atoms with van der Waals surface area (Å²) in [6.07, 6.45) is 12.4. The summed E-state index contributed by atoms with van der Waals surface area (Å²) < 4.78 is 11.5. The van der Waals surface area contributed by atoms with Crippen LogP contribution in [0.3, 0.4) is 0 Å². The summed E-state index contributed by atoms with van der Waals surface area (Å²) in [6.45, 7) is 2.60. The van der Waals surface area contributed by atoms with Gasteiger partial charge in [-0.25, -0.2) is 4.98 Å². The predicted molar refractivity (Wildman–Crippen MR) is 107 cm³/mol. The van der Waals surface area contributed by atoms with Gasteiger partial charge < -0.3 is 14.8 Å². The van der Waals surface area contributed by atoms with Crippen molar-refractivity contribution in [1.82, 2.24) is 20.3 Å². The zero-order chi connectivity index (χ0) is 19.2. The van der Waals surface area contributed by atoms with E-state index in [-0.39, 0.29) is 5.60 Å². The Hall–Kier alpha value is -2.05. The van der Waals surface area contributed by atoms with Crippen molar-refractivity contribution in [1.29, 1.82) is 0 Å². The van der Waals surface area contributed by atoms with E-state index in [0.717, 1.165) is 38.2 Å². The van der Waals surface area contributed by atoms with Crippen LogP contribution in [0.15, 0.2) is 36.8 Å². The third kappa shape index (κ3) is 4.33. The molecule has 1 aliphatic heterocycles. The topological polar surface area (TPSA) is 69.2 Å². The standard InChI is InChI=1S/C22H30N4O2/c1-27-21-16-25-18(15-26-21)14-23-11-7-17-8-12-28-22(13-17)9-4-5-19(22)20-6-2-3-10-24-20/h2-3,6,10,15-17,19,23H,4-5,7-9,11-14H2,1H3/t17-,19?,22?/m1/s1. The molecule has 0 amide bonds. The second kappa shape index (κ2) is 8.97. The van der Waals surface area contributed by atoms with Crippen molar-refractivity contribution in [2.75, 3.05) is 20.3 Å². The van der Waals surface area contributed by atoms with Crippen molar-refractivity contribution >= 4 is 0 Å². The van der Waals surface area contributed by atoms with Gasteiger partial charge in [0.15, 0.2) is 0 Å². The van der Waals surface area contributed by atoms with Gasteiger partial charge in [-0.2, -0.15) is 0 Å². The summed E-state index contributed by atoms with van der Waals surface area (Å²) in [6, 6.07) is 6.26. The van der Waals surface area contributed by atoms with Gasteiger partial charge in [-0.1, -0.05) is 6.07 Å². The van der Waals surface area contributed by atoms with Gasteiger partial charge in [0, 0.05) is 31.0 Å². The molecule has 0 radical (unpaired) electrons. The molecule has 0 bridgehead atoms. The number of hydrogen-bond donors (Lipinski definition) is 1. The summed E-state index contributed by atoms with van der Waals surface area (Å²) >= 11 is 0. The molecule has 6 nitrogen and oxygen atoms in total. The highest BCUT2D eigenvalue weighted by molar-refractivity contribution is 5.18. The van der Waals surface area contributed by atoms with Gasteiger partial charge in [-0.15, -0.1) is 0 Å². The van der Waals surface area contributed by atoms with Gasteiger partial charge in [0.25, 0.3) is 0 Å². The third-order valence-electron chi connectivity index (χ3n) is 6.25. The molecular weight excluding hydrogens is 352 g/mol. The van der Waals surface area contributed by atoms with E-state index in [4.69, 9.17) is 9.47 Å². The van der Waals surface area contributed by atoms with E-state index in [1.165, 1.54) is 31.4 Å². The van der Waals surface area contributed by atoms with Crippen LogP contribution in [0.1, 0.15) is 55.8 Å². The molecule has 3 atom stereocenters. The van der Waals surface area contributed by atoms with Crippen molar-refractivity contribution in [3.63, 3.8) is 0 Å². The van der Waals surface area contributed by atoms with Crippen molar-refractivity contribution in [3.05, 3.63) is 48.2 Å². The SMILES string of the molecule is COc1cnc(CNCC[C@@H]2CCOC3(CCCC3c3ccccn3)C2)cn1. The molecule has 1 N–H and O–H groups in total. The Bertz CT molecular complexity index is 740. The molecule has 4 rings (SSSR count). The van der Waals surface area contributed by atoms with Crippen molar-refractivity contribution in [2.24, 2.45) is 5.92 Å². The van der Waals surface area contributed by atoms with E-state index in [9.17, 15) is 0 Å². The smallest absolute Gasteiger partial charge is 0.231 e. The molecule has 3 heterocycles. The van der Waals surface area contributed by atoms with Crippen molar-refractivity contribution < 1.29 is 9.47 Å². The van der Waals surface area contributed by atoms with Crippen LogP contribution in [-0.4, -0.2) is 40.8 Å². The maximum atomic E-state index is 6.43. The Balaban J connectivity index is 1.29. The van der Waals surface area contributed by atoms with Crippen molar-refractivity contribution in [2.45, 2.75) is 56.6 Å². The van der Waals surface area contributed by atoms with Gasteiger partial charge in [0.1, 0.15) is 0 Å². The van der Waals surface area contributed by atoms with Gasteiger partial charge >= 0.3 is 0 Å². The van der Waals surface area contributed by atoms with Crippen LogP contribution in [0, 0.1) is 5.92 Å². The summed E-state index contributed by atoms with van der Waals surface area (Å²) in [5, 5.41) is 3.51. The number of nitrogens with one attached hydrogen (secondary N) is 1. The van der Waals surface area contributed by atoms with Crippen LogP contribution < -0.4 is 10.1 Å². The molecule has 2 fully saturated rings. The lowest BCUT2D eigenvalue weighted by molar-refractivity contribution is -0.105. The first kappa shape index (κ1) is 19.3. The van der Waals surface area contributed by atoms with E-state index in [0.29, 0.717) is 17.7 Å². The lowest BCUT2D eigenvalue weighted by atomic mass is 9.76. The molecule has 6 heteroatoms. The number of ether oxygens (including phenoxy) is 2. The Kier molecular flexibility index (Phi) is 6.17. The largest absolute Gasteiger partial charge is 0.480 e. The number of pyridine rings is 1. The first-order valence-corrected chi connectivity index (χ1v) is 10.4. The Morgan fingerprint density at radius 2 is 2.18 bits per heavy atom. The lowest BCUT2D eigenvalue weighted by Gasteiger charge is -2.42. The number of methoxy groups -OCH3 is 1. The molecule has 2 aromatic heterocycles. The monoisotopic (exact) mass is 382 g/mol. The summed E-state index contributed by atoms with van der Waals surface area (Å²) in [4.78, 5) is 13.2. The average molecular weight is 383 g/mol. The first-order chi connectivity index (χ1) is 13.8. The molecule has 150 valence electrons. The molecule has 1 spiro atoms. The van der Waals surface area contributed by atoms with Gasteiger partial charge in [-0.3, -0.25) is 9.97 Å². The maximum Gasteiger partial charge on any atom is 0.231 e. The molecule has 2 unspecified atom stereocenters. The van der Waals surface area contributed by atoms with E-state index in [1.807, 2.05) is 12.3 Å². The molecule has 1 saturated heterocycles. The highest BCUT2D eigenvalue weighted by Crippen LogP contribution is 2.50. The Morgan fingerprint density at radius 3 is 2.96 bits per heavy atom. The van der Waals surface area contributed by atoms with Crippen LogP contribution in [0.5, 0.6) is 5.88 Å². The average Bonchev–Trinajstić information content (AvgIpc) is 3.15. The van der Waals surface area contributed by atoms with Gasteiger partial charge in [-0.05, 0) is 63.1 Å². The van der Waals surface area contributed by atoms with Crippen LogP contribution in [0.25, 0.3) is 0 Å². The molecule has 1 aliphatic carbocycles. The molecule has 2 aromatic rings. The summed E-state index contributed by atoms with van der Waals surface area (Å²) in [7, 11) is 1.60. The van der Waals surface area contributed by atoms with E-state index in [1.54, 1.807) is 19.5 Å². The quantitative estimate of drug-likeness (QED) is 0.739. The van der Waals surface area contributed by atoms with Crippen molar-refractivity contribution in [3.8, 4) is 5.88 Å².